The third kappa shape index (κ3) is 4.22. The maximum Gasteiger partial charge on any atom is 0.290 e. The fraction of sp³-hybridized carbons (Fsp3) is 0.125. The molecule has 4 rings (SSSR count). The number of para-hydroxylation sites is 1. The molecule has 0 saturated carbocycles. The smallest absolute Gasteiger partial charge is 0.290 e. The van der Waals surface area contributed by atoms with Gasteiger partial charge in [0.15, 0.2) is 0 Å². The van der Waals surface area contributed by atoms with Crippen LogP contribution in [-0.4, -0.2) is 21.5 Å². The highest BCUT2D eigenvalue weighted by atomic mass is 16.5. The first-order chi connectivity index (χ1) is 14.6. The van der Waals surface area contributed by atoms with E-state index < -0.39 is 0 Å². The van der Waals surface area contributed by atoms with Crippen LogP contribution < -0.4 is 10.2 Å². The predicted molar refractivity (Wildman–Crippen MR) is 117 cm³/mol. The van der Waals surface area contributed by atoms with Crippen molar-refractivity contribution >= 4 is 17.8 Å². The summed E-state index contributed by atoms with van der Waals surface area (Å²) in [7, 11) is 0. The predicted octanol–water partition coefficient (Wildman–Crippen LogP) is 4.29. The van der Waals surface area contributed by atoms with E-state index in [1.807, 2.05) is 86.8 Å². The number of nitrogens with one attached hydrogen (secondary N) is 1. The molecule has 0 aliphatic rings. The molecule has 2 aromatic heterocycles. The van der Waals surface area contributed by atoms with Crippen molar-refractivity contribution < 1.29 is 9.53 Å². The lowest BCUT2D eigenvalue weighted by atomic mass is 10.2. The number of amides is 1. The van der Waals surface area contributed by atoms with Crippen molar-refractivity contribution in [3.05, 3.63) is 101 Å². The van der Waals surface area contributed by atoms with Gasteiger partial charge in [-0.3, -0.25) is 9.20 Å². The average molecular weight is 398 g/mol. The fourth-order valence-corrected chi connectivity index (χ4v) is 3.21. The van der Waals surface area contributed by atoms with Crippen molar-refractivity contribution in [3.63, 3.8) is 0 Å². The molecule has 0 aliphatic heterocycles. The van der Waals surface area contributed by atoms with Crippen molar-refractivity contribution in [1.82, 2.24) is 14.8 Å². The van der Waals surface area contributed by atoms with E-state index in [1.165, 1.54) is 0 Å². The summed E-state index contributed by atoms with van der Waals surface area (Å²) in [6, 6.07) is 21.4. The van der Waals surface area contributed by atoms with Gasteiger partial charge in [-0.2, -0.15) is 5.10 Å². The number of aromatic nitrogens is 2. The summed E-state index contributed by atoms with van der Waals surface area (Å²) in [5, 5.41) is 4.13. The van der Waals surface area contributed by atoms with Crippen LogP contribution in [0.15, 0.2) is 78.0 Å². The second-order valence-electron chi connectivity index (χ2n) is 6.99. The Balaban J connectivity index is 1.47. The van der Waals surface area contributed by atoms with Crippen molar-refractivity contribution in [2.45, 2.75) is 20.5 Å². The first-order valence-electron chi connectivity index (χ1n) is 9.66. The maximum absolute atomic E-state index is 12.7. The Morgan fingerprint density at radius 2 is 1.87 bits per heavy atom. The average Bonchev–Trinajstić information content (AvgIpc) is 3.08. The summed E-state index contributed by atoms with van der Waals surface area (Å²) in [5.74, 6) is 0.378. The van der Waals surface area contributed by atoms with E-state index in [1.54, 1.807) is 10.6 Å². The van der Waals surface area contributed by atoms with Gasteiger partial charge in [0.1, 0.15) is 23.7 Å². The van der Waals surface area contributed by atoms with Crippen LogP contribution in [0, 0.1) is 13.8 Å². The van der Waals surface area contributed by atoms with Crippen molar-refractivity contribution in [2.75, 3.05) is 0 Å². The van der Waals surface area contributed by atoms with E-state index in [0.29, 0.717) is 23.7 Å². The van der Waals surface area contributed by atoms with E-state index >= 15 is 0 Å². The molecule has 0 saturated heterocycles. The van der Waals surface area contributed by atoms with Crippen LogP contribution in [0.5, 0.6) is 5.75 Å². The van der Waals surface area contributed by atoms with Gasteiger partial charge in [0.2, 0.25) is 0 Å². The summed E-state index contributed by atoms with van der Waals surface area (Å²) in [6.45, 7) is 4.26. The van der Waals surface area contributed by atoms with Gasteiger partial charge in [-0.15, -0.1) is 0 Å². The van der Waals surface area contributed by atoms with Crippen molar-refractivity contribution in [1.29, 1.82) is 0 Å². The zero-order valence-electron chi connectivity index (χ0n) is 16.9. The molecule has 0 spiro atoms. The van der Waals surface area contributed by atoms with Gasteiger partial charge < -0.3 is 4.74 Å². The Bertz CT molecular complexity index is 1210. The number of carbonyl (C=O) groups excluding carboxylic acids is 1. The number of fused-ring (bicyclic) bond motifs is 1. The standard InChI is InChI=1S/C24H22N4O2/c1-17-12-13-28-22(14-17)26-18(2)23(28)24(29)27-25-15-20-10-6-7-11-21(20)30-16-19-8-4-3-5-9-19/h3-15H,16H2,1-2H3,(H,27,29)/b25-15+. The quantitative estimate of drug-likeness (QED) is 0.389. The molecule has 1 amide bonds. The zero-order chi connectivity index (χ0) is 20.9. The Morgan fingerprint density at radius 3 is 2.70 bits per heavy atom. The molecule has 30 heavy (non-hydrogen) atoms. The number of pyridine rings is 1. The number of nitrogens with zero attached hydrogens (tertiary/aromatic N) is 3. The van der Waals surface area contributed by atoms with Crippen LogP contribution in [-0.2, 0) is 6.61 Å². The summed E-state index contributed by atoms with van der Waals surface area (Å²) in [6.07, 6.45) is 3.43. The normalized spacial score (nSPS) is 11.1. The molecule has 6 nitrogen and oxygen atoms in total. The van der Waals surface area contributed by atoms with Gasteiger partial charge in [-0.25, -0.2) is 10.4 Å². The fourth-order valence-electron chi connectivity index (χ4n) is 3.21. The monoisotopic (exact) mass is 398 g/mol. The number of rotatable bonds is 6. The SMILES string of the molecule is Cc1ccn2c(C(=O)N/N=C/c3ccccc3OCc3ccccc3)c(C)nc2c1. The summed E-state index contributed by atoms with van der Waals surface area (Å²) in [4.78, 5) is 17.2. The first-order valence-corrected chi connectivity index (χ1v) is 9.66. The molecule has 4 aromatic rings. The third-order valence-corrected chi connectivity index (χ3v) is 4.70. The molecular formula is C24H22N4O2. The molecule has 0 radical (unpaired) electrons. The van der Waals surface area contributed by atoms with Gasteiger partial charge in [-0.1, -0.05) is 42.5 Å². The second kappa shape index (κ2) is 8.61. The minimum Gasteiger partial charge on any atom is -0.488 e. The Hall–Kier alpha value is -3.93. The second-order valence-corrected chi connectivity index (χ2v) is 6.99. The van der Waals surface area contributed by atoms with Crippen molar-refractivity contribution in [3.8, 4) is 5.75 Å². The number of ether oxygens (including phenoxy) is 1. The van der Waals surface area contributed by atoms with E-state index in [9.17, 15) is 4.79 Å². The Labute approximate surface area is 174 Å². The number of benzene rings is 2. The summed E-state index contributed by atoms with van der Waals surface area (Å²) < 4.78 is 7.69. The summed E-state index contributed by atoms with van der Waals surface area (Å²) in [5.41, 5.74) is 7.40. The zero-order valence-corrected chi connectivity index (χ0v) is 16.9. The van der Waals surface area contributed by atoms with E-state index in [4.69, 9.17) is 4.74 Å². The molecule has 1 N–H and O–H groups in total. The van der Waals surface area contributed by atoms with Crippen LogP contribution in [0.3, 0.4) is 0 Å². The van der Waals surface area contributed by atoms with Crippen LogP contribution in [0.2, 0.25) is 0 Å². The van der Waals surface area contributed by atoms with Gasteiger partial charge in [0.05, 0.1) is 11.9 Å². The Kier molecular flexibility index (Phi) is 5.57. The lowest BCUT2D eigenvalue weighted by Gasteiger charge is -2.09. The number of hydrogen-bond donors (Lipinski definition) is 1. The van der Waals surface area contributed by atoms with E-state index in [2.05, 4.69) is 15.5 Å². The topological polar surface area (TPSA) is 68.0 Å². The Morgan fingerprint density at radius 1 is 1.10 bits per heavy atom. The minimum absolute atomic E-state index is 0.317. The molecule has 150 valence electrons. The summed E-state index contributed by atoms with van der Waals surface area (Å²) >= 11 is 0. The van der Waals surface area contributed by atoms with E-state index in [-0.39, 0.29) is 5.91 Å². The lowest BCUT2D eigenvalue weighted by molar-refractivity contribution is 0.0948. The maximum atomic E-state index is 12.7. The van der Waals surface area contributed by atoms with Crippen LogP contribution in [0.1, 0.15) is 32.9 Å². The van der Waals surface area contributed by atoms with Gasteiger partial charge >= 0.3 is 0 Å². The molecule has 2 heterocycles. The third-order valence-electron chi connectivity index (χ3n) is 4.70. The highest BCUT2D eigenvalue weighted by Gasteiger charge is 2.16. The molecule has 0 bridgehead atoms. The number of aryl methyl sites for hydroxylation is 2. The number of imidazole rings is 1. The molecular weight excluding hydrogens is 376 g/mol. The highest BCUT2D eigenvalue weighted by Crippen LogP contribution is 2.18. The molecule has 0 atom stereocenters. The molecule has 0 unspecified atom stereocenters. The number of hydrogen-bond acceptors (Lipinski definition) is 4. The molecule has 2 aromatic carbocycles. The van der Waals surface area contributed by atoms with Crippen LogP contribution in [0.4, 0.5) is 0 Å². The first kappa shape index (κ1) is 19.4. The minimum atomic E-state index is -0.317. The number of carbonyl (C=O) groups is 1. The highest BCUT2D eigenvalue weighted by molar-refractivity contribution is 5.95. The van der Waals surface area contributed by atoms with Gasteiger partial charge in [-0.05, 0) is 49.2 Å². The van der Waals surface area contributed by atoms with Crippen LogP contribution in [0.25, 0.3) is 5.65 Å². The van der Waals surface area contributed by atoms with E-state index in [0.717, 1.165) is 22.3 Å². The molecule has 0 aliphatic carbocycles. The molecule has 0 fully saturated rings. The molecule has 6 heteroatoms. The van der Waals surface area contributed by atoms with Gasteiger partial charge in [0, 0.05) is 11.8 Å². The number of hydrazone groups is 1. The van der Waals surface area contributed by atoms with Gasteiger partial charge in [0.25, 0.3) is 5.91 Å². The van der Waals surface area contributed by atoms with Crippen molar-refractivity contribution in [2.24, 2.45) is 5.10 Å². The van der Waals surface area contributed by atoms with Crippen LogP contribution >= 0.6 is 0 Å². The largest absolute Gasteiger partial charge is 0.488 e. The lowest BCUT2D eigenvalue weighted by Crippen LogP contribution is -2.20.